The Morgan fingerprint density at radius 1 is 1.30 bits per heavy atom. The first-order valence-corrected chi connectivity index (χ1v) is 8.94. The number of nitrogens with zero attached hydrogens (tertiary/aromatic N) is 3. The molecule has 1 aliphatic carbocycles. The van der Waals surface area contributed by atoms with Gasteiger partial charge in [-0.2, -0.15) is 4.37 Å². The number of rotatable bonds is 5. The van der Waals surface area contributed by atoms with E-state index in [0.29, 0.717) is 10.9 Å². The van der Waals surface area contributed by atoms with Gasteiger partial charge in [0.05, 0.1) is 0 Å². The highest BCUT2D eigenvalue weighted by molar-refractivity contribution is 7.89. The molecule has 0 saturated heterocycles. The highest BCUT2D eigenvalue weighted by Crippen LogP contribution is 2.36. The maximum Gasteiger partial charge on any atom is 0.249 e. The zero-order valence-corrected chi connectivity index (χ0v) is 13.8. The fourth-order valence-electron chi connectivity index (χ4n) is 2.62. The van der Waals surface area contributed by atoms with Crippen LogP contribution < -0.4 is 10.6 Å². The second-order valence-electron chi connectivity index (χ2n) is 5.52. The van der Waals surface area contributed by atoms with Gasteiger partial charge in [-0.1, -0.05) is 12.8 Å². The van der Waals surface area contributed by atoms with Gasteiger partial charge in [-0.15, -0.1) is 0 Å². The van der Waals surface area contributed by atoms with E-state index in [-0.39, 0.29) is 10.7 Å². The van der Waals surface area contributed by atoms with Gasteiger partial charge < -0.3 is 10.6 Å². The molecule has 0 unspecified atom stereocenters. The lowest BCUT2D eigenvalue weighted by Crippen LogP contribution is -2.28. The van der Waals surface area contributed by atoms with Crippen LogP contribution in [0.1, 0.15) is 25.7 Å². The monoisotopic (exact) mass is 318 g/mol. The fourth-order valence-corrected chi connectivity index (χ4v) is 4.83. The van der Waals surface area contributed by atoms with Crippen LogP contribution in [0, 0.1) is 5.92 Å². The number of hydrogen-bond acceptors (Lipinski definition) is 6. The van der Waals surface area contributed by atoms with E-state index in [1.807, 2.05) is 11.9 Å². The molecule has 0 amide bonds. The molecule has 0 aliphatic heterocycles. The quantitative estimate of drug-likeness (QED) is 0.892. The van der Waals surface area contributed by atoms with Crippen molar-refractivity contribution in [3.05, 3.63) is 0 Å². The van der Waals surface area contributed by atoms with Crippen molar-refractivity contribution in [3.8, 4) is 0 Å². The fraction of sp³-hybridized carbons (Fsp3) is 0.750. The lowest BCUT2D eigenvalue weighted by Gasteiger charge is -2.23. The van der Waals surface area contributed by atoms with Crippen molar-refractivity contribution in [3.63, 3.8) is 0 Å². The second kappa shape index (κ2) is 5.87. The van der Waals surface area contributed by atoms with Crippen LogP contribution in [0.3, 0.4) is 0 Å². The first-order chi connectivity index (χ1) is 9.34. The number of nitrogens with two attached hydrogens (primary N) is 1. The summed E-state index contributed by atoms with van der Waals surface area (Å²) in [6, 6.07) is 0. The predicted molar refractivity (Wildman–Crippen MR) is 82.6 cm³/mol. The van der Waals surface area contributed by atoms with Crippen molar-refractivity contribution < 1.29 is 8.42 Å². The van der Waals surface area contributed by atoms with E-state index in [1.165, 1.54) is 44.1 Å². The molecular weight excluding hydrogens is 296 g/mol. The smallest absolute Gasteiger partial charge is 0.249 e. The number of anilines is 2. The van der Waals surface area contributed by atoms with Crippen LogP contribution >= 0.6 is 11.5 Å². The van der Waals surface area contributed by atoms with Gasteiger partial charge >= 0.3 is 0 Å². The normalized spacial score (nSPS) is 17.0. The SMILES string of the molecule is CN(CC1CCCC1)c1snc(N)c1S(=O)(=O)N(C)C. The summed E-state index contributed by atoms with van der Waals surface area (Å²) in [5.41, 5.74) is 5.78. The van der Waals surface area contributed by atoms with Crippen molar-refractivity contribution >= 4 is 32.4 Å². The molecule has 2 N–H and O–H groups in total. The minimum absolute atomic E-state index is 0.0944. The standard InChI is InChI=1S/C12H22N4O2S2/c1-15(2)20(17,18)10-11(13)14-19-12(10)16(3)8-9-6-4-5-7-9/h9H,4-8H2,1-3H3,(H2,13,14). The van der Waals surface area contributed by atoms with Crippen LogP contribution in [-0.2, 0) is 10.0 Å². The molecule has 1 fully saturated rings. The molecule has 1 aromatic rings. The van der Waals surface area contributed by atoms with Gasteiger partial charge in [0, 0.05) is 27.7 Å². The lowest BCUT2D eigenvalue weighted by molar-refractivity contribution is 0.519. The van der Waals surface area contributed by atoms with Crippen LogP contribution in [0.4, 0.5) is 10.8 Å². The minimum atomic E-state index is -3.56. The van der Waals surface area contributed by atoms with E-state index in [2.05, 4.69) is 4.37 Å². The topological polar surface area (TPSA) is 79.5 Å². The molecule has 8 heteroatoms. The third-order valence-corrected chi connectivity index (χ3v) is 6.74. The van der Waals surface area contributed by atoms with Crippen LogP contribution in [0.2, 0.25) is 0 Å². The van der Waals surface area contributed by atoms with Gasteiger partial charge in [0.15, 0.2) is 10.7 Å². The zero-order chi connectivity index (χ0) is 14.9. The van der Waals surface area contributed by atoms with E-state index in [9.17, 15) is 8.42 Å². The Morgan fingerprint density at radius 2 is 1.90 bits per heavy atom. The third-order valence-electron chi connectivity index (χ3n) is 3.75. The Bertz CT molecular complexity index is 562. The van der Waals surface area contributed by atoms with Gasteiger partial charge in [-0.05, 0) is 30.3 Å². The molecule has 0 atom stereocenters. The molecule has 6 nitrogen and oxygen atoms in total. The van der Waals surface area contributed by atoms with E-state index in [0.717, 1.165) is 18.1 Å². The predicted octanol–water partition coefficient (Wildman–Crippen LogP) is 1.60. The molecule has 0 radical (unpaired) electrons. The van der Waals surface area contributed by atoms with Crippen molar-refractivity contribution in [1.82, 2.24) is 8.68 Å². The van der Waals surface area contributed by atoms with Crippen molar-refractivity contribution in [2.45, 2.75) is 30.6 Å². The van der Waals surface area contributed by atoms with E-state index >= 15 is 0 Å². The zero-order valence-electron chi connectivity index (χ0n) is 12.2. The van der Waals surface area contributed by atoms with Crippen molar-refractivity contribution in [1.29, 1.82) is 0 Å². The van der Waals surface area contributed by atoms with Crippen LogP contribution in [0.25, 0.3) is 0 Å². The first-order valence-electron chi connectivity index (χ1n) is 6.73. The molecule has 1 heterocycles. The number of hydrogen-bond donors (Lipinski definition) is 1. The highest BCUT2D eigenvalue weighted by atomic mass is 32.2. The maximum atomic E-state index is 12.4. The van der Waals surface area contributed by atoms with Gasteiger partial charge in [-0.25, -0.2) is 12.7 Å². The highest BCUT2D eigenvalue weighted by Gasteiger charge is 2.30. The Morgan fingerprint density at radius 3 is 2.45 bits per heavy atom. The molecule has 1 aromatic heterocycles. The summed E-state index contributed by atoms with van der Waals surface area (Å²) in [6.07, 6.45) is 4.97. The summed E-state index contributed by atoms with van der Waals surface area (Å²) >= 11 is 1.16. The summed E-state index contributed by atoms with van der Waals surface area (Å²) in [7, 11) is 1.37. The van der Waals surface area contributed by atoms with Crippen LogP contribution in [0.15, 0.2) is 4.90 Å². The maximum absolute atomic E-state index is 12.4. The average molecular weight is 318 g/mol. The van der Waals surface area contributed by atoms with Crippen LogP contribution in [-0.4, -0.2) is 44.8 Å². The molecular formula is C12H22N4O2S2. The summed E-state index contributed by atoms with van der Waals surface area (Å²) < 4.78 is 29.9. The summed E-state index contributed by atoms with van der Waals surface area (Å²) in [4.78, 5) is 2.13. The Hall–Kier alpha value is -0.860. The first kappa shape index (κ1) is 15.5. The summed E-state index contributed by atoms with van der Waals surface area (Å²) in [5, 5.41) is 0.642. The van der Waals surface area contributed by atoms with Crippen LogP contribution in [0.5, 0.6) is 0 Å². The largest absolute Gasteiger partial charge is 0.382 e. The number of aromatic nitrogens is 1. The number of sulfonamides is 1. The van der Waals surface area contributed by atoms with Crippen molar-refractivity contribution in [2.75, 3.05) is 38.3 Å². The molecule has 114 valence electrons. The van der Waals surface area contributed by atoms with Gasteiger partial charge in [0.1, 0.15) is 5.00 Å². The molecule has 0 spiro atoms. The molecule has 0 aromatic carbocycles. The minimum Gasteiger partial charge on any atom is -0.382 e. The molecule has 1 aliphatic rings. The second-order valence-corrected chi connectivity index (χ2v) is 8.36. The van der Waals surface area contributed by atoms with E-state index in [1.54, 1.807) is 0 Å². The molecule has 20 heavy (non-hydrogen) atoms. The van der Waals surface area contributed by atoms with Gasteiger partial charge in [0.2, 0.25) is 10.0 Å². The Balaban J connectivity index is 2.28. The van der Waals surface area contributed by atoms with E-state index < -0.39 is 10.0 Å². The Labute approximate surface area is 124 Å². The lowest BCUT2D eigenvalue weighted by atomic mass is 10.1. The Kier molecular flexibility index (Phi) is 4.55. The summed E-state index contributed by atoms with van der Waals surface area (Å²) in [6.45, 7) is 0.859. The summed E-state index contributed by atoms with van der Waals surface area (Å²) in [5.74, 6) is 0.732. The molecule has 1 saturated carbocycles. The average Bonchev–Trinajstić information content (AvgIpc) is 2.98. The van der Waals surface area contributed by atoms with Crippen molar-refractivity contribution in [2.24, 2.45) is 5.92 Å². The van der Waals surface area contributed by atoms with E-state index in [4.69, 9.17) is 5.73 Å². The van der Waals surface area contributed by atoms with Gasteiger partial charge in [-0.3, -0.25) is 0 Å². The van der Waals surface area contributed by atoms with Gasteiger partial charge in [0.25, 0.3) is 0 Å². The third kappa shape index (κ3) is 2.91. The molecule has 0 bridgehead atoms. The number of nitrogen functional groups attached to an aromatic ring is 1. The molecule has 2 rings (SSSR count).